The van der Waals surface area contributed by atoms with Crippen LogP contribution in [0, 0.1) is 10.1 Å². The van der Waals surface area contributed by atoms with Crippen LogP contribution in [0.3, 0.4) is 0 Å². The van der Waals surface area contributed by atoms with Gasteiger partial charge in [-0.15, -0.1) is 11.3 Å². The predicted octanol–water partition coefficient (Wildman–Crippen LogP) is 5.30. The number of ether oxygens (including phenoxy) is 1. The Kier molecular flexibility index (Phi) is 6.55. The zero-order valence-electron chi connectivity index (χ0n) is 20.3. The van der Waals surface area contributed by atoms with Crippen LogP contribution in [-0.4, -0.2) is 23.3 Å². The Morgan fingerprint density at radius 3 is 2.46 bits per heavy atom. The van der Waals surface area contributed by atoms with Gasteiger partial charge in [0.1, 0.15) is 5.82 Å². The third-order valence-corrected chi connectivity index (χ3v) is 7.83. The highest BCUT2D eigenvalue weighted by molar-refractivity contribution is 7.12. The SMILES string of the molecule is CCOC(=O)C1=C(N)N(c2ccc([N+](=O)[O-])cc2)C2=C(C(=O)CCC2)[C@H]1c1ccc(C(C)(C)C)s1. The van der Waals surface area contributed by atoms with Crippen LogP contribution in [0.25, 0.3) is 0 Å². The summed E-state index contributed by atoms with van der Waals surface area (Å²) in [6.07, 6.45) is 1.65. The molecule has 0 spiro atoms. The van der Waals surface area contributed by atoms with Crippen LogP contribution < -0.4 is 10.6 Å². The number of anilines is 1. The molecule has 0 saturated heterocycles. The Bertz CT molecular complexity index is 1250. The Morgan fingerprint density at radius 2 is 1.89 bits per heavy atom. The molecule has 0 unspecified atom stereocenters. The molecule has 2 aliphatic rings. The summed E-state index contributed by atoms with van der Waals surface area (Å²) in [6.45, 7) is 8.24. The molecule has 0 saturated carbocycles. The van der Waals surface area contributed by atoms with E-state index >= 15 is 0 Å². The molecule has 1 atom stereocenters. The number of benzene rings is 1. The molecule has 184 valence electrons. The van der Waals surface area contributed by atoms with Gasteiger partial charge in [0, 0.05) is 45.3 Å². The van der Waals surface area contributed by atoms with Crippen LogP contribution in [0.15, 0.2) is 59.1 Å². The van der Waals surface area contributed by atoms with Crippen molar-refractivity contribution in [3.63, 3.8) is 0 Å². The highest BCUT2D eigenvalue weighted by Crippen LogP contribution is 2.49. The minimum absolute atomic E-state index is 0.0248. The van der Waals surface area contributed by atoms with Gasteiger partial charge in [0.2, 0.25) is 0 Å². The Morgan fingerprint density at radius 1 is 1.20 bits per heavy atom. The van der Waals surface area contributed by atoms with E-state index in [1.807, 2.05) is 12.1 Å². The molecule has 2 aromatic rings. The zero-order valence-corrected chi connectivity index (χ0v) is 21.1. The molecular weight excluding hydrogens is 466 g/mol. The number of nitro benzene ring substituents is 1. The molecule has 0 bridgehead atoms. The lowest BCUT2D eigenvalue weighted by molar-refractivity contribution is -0.384. The third kappa shape index (κ3) is 4.48. The highest BCUT2D eigenvalue weighted by atomic mass is 32.1. The number of rotatable bonds is 5. The second kappa shape index (κ2) is 9.30. The zero-order chi connectivity index (χ0) is 25.5. The van der Waals surface area contributed by atoms with Crippen molar-refractivity contribution in [1.29, 1.82) is 0 Å². The summed E-state index contributed by atoms with van der Waals surface area (Å²) in [5, 5.41) is 11.2. The van der Waals surface area contributed by atoms with E-state index in [1.165, 1.54) is 12.1 Å². The van der Waals surface area contributed by atoms with Crippen LogP contribution in [0.4, 0.5) is 11.4 Å². The molecule has 1 aromatic carbocycles. The number of nitro groups is 1. The van der Waals surface area contributed by atoms with E-state index in [0.29, 0.717) is 30.5 Å². The number of carbonyl (C=O) groups excluding carboxylic acids is 2. The van der Waals surface area contributed by atoms with E-state index in [-0.39, 0.29) is 34.9 Å². The number of nitrogens with zero attached hydrogens (tertiary/aromatic N) is 2. The minimum atomic E-state index is -0.618. The van der Waals surface area contributed by atoms with Crippen LogP contribution in [0.2, 0.25) is 0 Å². The average molecular weight is 496 g/mol. The van der Waals surface area contributed by atoms with E-state index in [0.717, 1.165) is 15.5 Å². The number of non-ortho nitro benzene ring substituents is 1. The molecule has 9 heteroatoms. The molecule has 0 fully saturated rings. The maximum atomic E-state index is 13.4. The van der Waals surface area contributed by atoms with Crippen molar-refractivity contribution in [1.82, 2.24) is 0 Å². The largest absolute Gasteiger partial charge is 0.463 e. The van der Waals surface area contributed by atoms with Gasteiger partial charge in [-0.2, -0.15) is 0 Å². The van der Waals surface area contributed by atoms with E-state index in [2.05, 4.69) is 20.8 Å². The number of Topliss-reactive ketones (excluding diaryl/α,β-unsaturated/α-hetero) is 1. The Labute approximate surface area is 208 Å². The summed E-state index contributed by atoms with van der Waals surface area (Å²) in [5.74, 6) is -1.03. The number of nitrogens with two attached hydrogens (primary N) is 1. The quantitative estimate of drug-likeness (QED) is 0.340. The van der Waals surface area contributed by atoms with Crippen LogP contribution in [0.1, 0.15) is 62.6 Å². The van der Waals surface area contributed by atoms with Crippen molar-refractivity contribution in [3.8, 4) is 0 Å². The van der Waals surface area contributed by atoms with Crippen molar-refractivity contribution in [2.24, 2.45) is 5.73 Å². The minimum Gasteiger partial charge on any atom is -0.463 e. The fourth-order valence-corrected chi connectivity index (χ4v) is 5.80. The van der Waals surface area contributed by atoms with Gasteiger partial charge in [-0.3, -0.25) is 19.8 Å². The number of ketones is 1. The second-order valence-corrected chi connectivity index (χ2v) is 10.8. The van der Waals surface area contributed by atoms with Crippen molar-refractivity contribution in [2.45, 2.75) is 58.3 Å². The molecule has 0 amide bonds. The first-order chi connectivity index (χ1) is 16.5. The predicted molar refractivity (Wildman–Crippen MR) is 135 cm³/mol. The smallest absolute Gasteiger partial charge is 0.338 e. The van der Waals surface area contributed by atoms with Crippen molar-refractivity contribution in [3.05, 3.63) is 78.9 Å². The van der Waals surface area contributed by atoms with Gasteiger partial charge in [-0.05, 0) is 49.4 Å². The average Bonchev–Trinajstić information content (AvgIpc) is 3.29. The lowest BCUT2D eigenvalue weighted by Crippen LogP contribution is -2.40. The van der Waals surface area contributed by atoms with E-state index in [4.69, 9.17) is 10.5 Å². The second-order valence-electron chi connectivity index (χ2n) is 9.65. The molecular formula is C26H29N3O5S. The normalized spacial score (nSPS) is 18.6. The van der Waals surface area contributed by atoms with Crippen molar-refractivity contribution in [2.75, 3.05) is 11.5 Å². The maximum absolute atomic E-state index is 13.4. The summed E-state index contributed by atoms with van der Waals surface area (Å²) in [5.41, 5.74) is 8.60. The summed E-state index contributed by atoms with van der Waals surface area (Å²) in [4.78, 5) is 41.1. The van der Waals surface area contributed by atoms with Gasteiger partial charge in [-0.1, -0.05) is 20.8 Å². The Balaban J connectivity index is 1.95. The van der Waals surface area contributed by atoms with E-state index < -0.39 is 16.8 Å². The van der Waals surface area contributed by atoms with Gasteiger partial charge in [0.15, 0.2) is 5.78 Å². The van der Waals surface area contributed by atoms with Gasteiger partial charge in [-0.25, -0.2) is 4.79 Å². The van der Waals surface area contributed by atoms with E-state index in [9.17, 15) is 19.7 Å². The molecule has 35 heavy (non-hydrogen) atoms. The van der Waals surface area contributed by atoms with Gasteiger partial charge in [0.25, 0.3) is 5.69 Å². The van der Waals surface area contributed by atoms with Gasteiger partial charge < -0.3 is 10.5 Å². The molecule has 1 aliphatic heterocycles. The number of hydrogen-bond acceptors (Lipinski definition) is 8. The monoisotopic (exact) mass is 495 g/mol. The molecule has 2 N–H and O–H groups in total. The van der Waals surface area contributed by atoms with Gasteiger partial charge >= 0.3 is 5.97 Å². The van der Waals surface area contributed by atoms with E-state index in [1.54, 1.807) is 35.3 Å². The number of allylic oxidation sites excluding steroid dienone is 2. The van der Waals surface area contributed by atoms with Crippen LogP contribution in [0.5, 0.6) is 0 Å². The summed E-state index contributed by atoms with van der Waals surface area (Å²) in [7, 11) is 0. The number of thiophene rings is 1. The van der Waals surface area contributed by atoms with Crippen LogP contribution >= 0.6 is 11.3 Å². The maximum Gasteiger partial charge on any atom is 0.338 e. The lowest BCUT2D eigenvalue weighted by Gasteiger charge is -2.40. The van der Waals surface area contributed by atoms with Gasteiger partial charge in [0.05, 0.1) is 23.0 Å². The molecule has 0 radical (unpaired) electrons. The first kappa shape index (κ1) is 24.7. The molecule has 2 heterocycles. The number of carbonyl (C=O) groups is 2. The van der Waals surface area contributed by atoms with Crippen molar-refractivity contribution >= 4 is 34.5 Å². The topological polar surface area (TPSA) is 116 Å². The summed E-state index contributed by atoms with van der Waals surface area (Å²) < 4.78 is 5.41. The van der Waals surface area contributed by atoms with Crippen LogP contribution in [-0.2, 0) is 19.7 Å². The first-order valence-electron chi connectivity index (χ1n) is 11.6. The van der Waals surface area contributed by atoms with Crippen molar-refractivity contribution < 1.29 is 19.2 Å². The standard InChI is InChI=1S/C26H29N3O5S/c1-5-34-25(31)23-22(19-13-14-20(35-19)26(2,3)4)21-17(7-6-8-18(21)30)28(24(23)27)15-9-11-16(12-10-15)29(32)33/h9-14,22H,5-8,27H2,1-4H3/t22-/m1/s1. The highest BCUT2D eigenvalue weighted by Gasteiger charge is 2.44. The molecule has 1 aromatic heterocycles. The first-order valence-corrected chi connectivity index (χ1v) is 12.4. The molecule has 1 aliphatic carbocycles. The lowest BCUT2D eigenvalue weighted by atomic mass is 9.77. The fourth-order valence-electron chi connectivity index (χ4n) is 4.61. The third-order valence-electron chi connectivity index (χ3n) is 6.26. The molecule has 8 nitrogen and oxygen atoms in total. The fraction of sp³-hybridized carbons (Fsp3) is 0.385. The number of esters is 1. The summed E-state index contributed by atoms with van der Waals surface area (Å²) in [6, 6.07) is 9.95. The summed E-state index contributed by atoms with van der Waals surface area (Å²) >= 11 is 1.57. The Hall–Kier alpha value is -3.46. The number of hydrogen-bond donors (Lipinski definition) is 1. The molecule has 4 rings (SSSR count).